The summed E-state index contributed by atoms with van der Waals surface area (Å²) in [6, 6.07) is 17.6. The molecule has 3 aromatic carbocycles. The van der Waals surface area contributed by atoms with Gasteiger partial charge in [0, 0.05) is 0 Å². The SMILES string of the molecule is Cc1ccc(S(=O)(=O)N(CC(=O)N2CC(=O)Nc3ccccc32)c2cccc(Cl)c2Cl)cc1. The number of anilines is 3. The van der Waals surface area contributed by atoms with Gasteiger partial charge in [-0.05, 0) is 43.3 Å². The summed E-state index contributed by atoms with van der Waals surface area (Å²) in [5.41, 5.74) is 1.89. The van der Waals surface area contributed by atoms with Gasteiger partial charge in [-0.3, -0.25) is 18.8 Å². The molecule has 0 saturated heterocycles. The molecule has 3 aromatic rings. The highest BCUT2D eigenvalue weighted by atomic mass is 35.5. The van der Waals surface area contributed by atoms with Crippen LogP contribution < -0.4 is 14.5 Å². The number of sulfonamides is 1. The van der Waals surface area contributed by atoms with Crippen LogP contribution in [0.1, 0.15) is 5.56 Å². The summed E-state index contributed by atoms with van der Waals surface area (Å²) in [4.78, 5) is 26.8. The number of rotatable bonds is 5. The highest BCUT2D eigenvalue weighted by Gasteiger charge is 2.33. The number of para-hydroxylation sites is 2. The predicted molar refractivity (Wildman–Crippen MR) is 130 cm³/mol. The minimum absolute atomic E-state index is 0.000518. The third-order valence-electron chi connectivity index (χ3n) is 5.16. The number of carbonyl (C=O) groups is 2. The van der Waals surface area contributed by atoms with Gasteiger partial charge in [-0.1, -0.05) is 59.1 Å². The fourth-order valence-electron chi connectivity index (χ4n) is 3.49. The Kier molecular flexibility index (Phi) is 6.34. The molecule has 1 aliphatic heterocycles. The summed E-state index contributed by atoms with van der Waals surface area (Å²) in [7, 11) is -4.19. The highest BCUT2D eigenvalue weighted by Crippen LogP contribution is 2.36. The zero-order chi connectivity index (χ0) is 23.8. The van der Waals surface area contributed by atoms with E-state index in [1.807, 2.05) is 6.92 Å². The molecule has 0 aliphatic carbocycles. The molecule has 0 fully saturated rings. The first-order valence-corrected chi connectivity index (χ1v) is 12.1. The Hall–Kier alpha value is -3.07. The molecule has 2 amide bonds. The second-order valence-corrected chi connectivity index (χ2v) is 10.1. The normalized spacial score (nSPS) is 13.3. The Labute approximate surface area is 201 Å². The lowest BCUT2D eigenvalue weighted by molar-refractivity contribution is -0.121. The van der Waals surface area contributed by atoms with Gasteiger partial charge in [-0.25, -0.2) is 8.42 Å². The topological polar surface area (TPSA) is 86.8 Å². The molecule has 0 aromatic heterocycles. The van der Waals surface area contributed by atoms with Crippen LogP contribution in [0, 0.1) is 6.92 Å². The largest absolute Gasteiger partial charge is 0.323 e. The Balaban J connectivity index is 1.78. The highest BCUT2D eigenvalue weighted by molar-refractivity contribution is 7.92. The zero-order valence-corrected chi connectivity index (χ0v) is 19.8. The maximum absolute atomic E-state index is 13.6. The molecule has 170 valence electrons. The van der Waals surface area contributed by atoms with E-state index in [9.17, 15) is 18.0 Å². The number of amides is 2. The van der Waals surface area contributed by atoms with Crippen molar-refractivity contribution in [1.29, 1.82) is 0 Å². The zero-order valence-electron chi connectivity index (χ0n) is 17.5. The molecular formula is C23H19Cl2N3O4S. The predicted octanol–water partition coefficient (Wildman–Crippen LogP) is 4.48. The first kappa shape index (κ1) is 23.1. The molecule has 1 N–H and O–H groups in total. The second-order valence-electron chi connectivity index (χ2n) is 7.44. The van der Waals surface area contributed by atoms with Crippen LogP contribution in [-0.4, -0.2) is 33.3 Å². The van der Waals surface area contributed by atoms with Gasteiger partial charge < -0.3 is 5.32 Å². The lowest BCUT2D eigenvalue weighted by Crippen LogP contribution is -2.48. The minimum Gasteiger partial charge on any atom is -0.323 e. The maximum atomic E-state index is 13.6. The van der Waals surface area contributed by atoms with E-state index in [0.717, 1.165) is 9.87 Å². The van der Waals surface area contributed by atoms with Gasteiger partial charge >= 0.3 is 0 Å². The van der Waals surface area contributed by atoms with Crippen molar-refractivity contribution in [1.82, 2.24) is 0 Å². The first-order chi connectivity index (χ1) is 15.7. The van der Waals surface area contributed by atoms with Crippen LogP contribution in [0.4, 0.5) is 17.1 Å². The quantitative estimate of drug-likeness (QED) is 0.555. The third kappa shape index (κ3) is 4.55. The first-order valence-electron chi connectivity index (χ1n) is 9.91. The van der Waals surface area contributed by atoms with E-state index in [4.69, 9.17) is 23.2 Å². The Morgan fingerprint density at radius 2 is 1.73 bits per heavy atom. The number of carbonyl (C=O) groups excluding carboxylic acids is 2. The molecule has 0 radical (unpaired) electrons. The average Bonchev–Trinajstić information content (AvgIpc) is 2.79. The van der Waals surface area contributed by atoms with Crippen LogP contribution in [0.15, 0.2) is 71.6 Å². The summed E-state index contributed by atoms with van der Waals surface area (Å²) in [5, 5.41) is 2.85. The molecule has 0 saturated carbocycles. The number of nitrogens with one attached hydrogen (secondary N) is 1. The van der Waals surface area contributed by atoms with Crippen molar-refractivity contribution in [2.45, 2.75) is 11.8 Å². The van der Waals surface area contributed by atoms with Crippen LogP contribution in [0.25, 0.3) is 0 Å². The molecule has 1 heterocycles. The van der Waals surface area contributed by atoms with Gasteiger partial charge in [0.2, 0.25) is 11.8 Å². The van der Waals surface area contributed by atoms with Gasteiger partial charge in [0.25, 0.3) is 10.0 Å². The number of hydrogen-bond acceptors (Lipinski definition) is 4. The Morgan fingerprint density at radius 3 is 2.45 bits per heavy atom. The molecule has 0 unspecified atom stereocenters. The van der Waals surface area contributed by atoms with Crippen molar-refractivity contribution in [3.63, 3.8) is 0 Å². The van der Waals surface area contributed by atoms with Crippen molar-refractivity contribution < 1.29 is 18.0 Å². The molecule has 0 atom stereocenters. The van der Waals surface area contributed by atoms with E-state index in [0.29, 0.717) is 11.4 Å². The van der Waals surface area contributed by atoms with Gasteiger partial charge in [-0.2, -0.15) is 0 Å². The van der Waals surface area contributed by atoms with E-state index >= 15 is 0 Å². The average molecular weight is 504 g/mol. The minimum atomic E-state index is -4.19. The monoisotopic (exact) mass is 503 g/mol. The standard InChI is InChI=1S/C23H19Cl2N3O4S/c1-15-9-11-16(12-10-15)33(31,32)28(20-8-4-5-17(24)23(20)25)14-22(30)27-13-21(29)26-18-6-2-3-7-19(18)27/h2-12H,13-14H2,1H3,(H,26,29). The molecule has 4 rings (SSSR count). The molecule has 1 aliphatic rings. The number of fused-ring (bicyclic) bond motifs is 1. The molecule has 7 nitrogen and oxygen atoms in total. The second kappa shape index (κ2) is 9.05. The summed E-state index contributed by atoms with van der Waals surface area (Å²) >= 11 is 12.5. The fraction of sp³-hybridized carbons (Fsp3) is 0.130. The molecule has 10 heteroatoms. The summed E-state index contributed by atoms with van der Waals surface area (Å²) in [6.07, 6.45) is 0. The van der Waals surface area contributed by atoms with Gasteiger partial charge in [0.15, 0.2) is 0 Å². The van der Waals surface area contributed by atoms with Gasteiger partial charge in [0.1, 0.15) is 13.1 Å². The summed E-state index contributed by atoms with van der Waals surface area (Å²) in [5.74, 6) is -0.972. The van der Waals surface area contributed by atoms with Crippen molar-refractivity contribution in [3.8, 4) is 0 Å². The van der Waals surface area contributed by atoms with E-state index < -0.39 is 22.5 Å². The number of halogens is 2. The molecular weight excluding hydrogens is 485 g/mol. The Morgan fingerprint density at radius 1 is 1.03 bits per heavy atom. The van der Waals surface area contributed by atoms with Crippen LogP contribution >= 0.6 is 23.2 Å². The van der Waals surface area contributed by atoms with Crippen molar-refractivity contribution in [2.75, 3.05) is 27.6 Å². The van der Waals surface area contributed by atoms with Crippen molar-refractivity contribution in [3.05, 3.63) is 82.3 Å². The number of aryl methyl sites for hydroxylation is 1. The smallest absolute Gasteiger partial charge is 0.264 e. The number of hydrogen-bond donors (Lipinski definition) is 1. The number of nitrogens with zero attached hydrogens (tertiary/aromatic N) is 2. The van der Waals surface area contributed by atoms with E-state index in [1.54, 1.807) is 42.5 Å². The molecule has 0 spiro atoms. The van der Waals surface area contributed by atoms with Crippen LogP contribution in [0.3, 0.4) is 0 Å². The van der Waals surface area contributed by atoms with E-state index in [-0.39, 0.29) is 33.1 Å². The van der Waals surface area contributed by atoms with Crippen LogP contribution in [0.5, 0.6) is 0 Å². The van der Waals surface area contributed by atoms with Gasteiger partial charge in [-0.15, -0.1) is 0 Å². The van der Waals surface area contributed by atoms with Crippen molar-refractivity contribution >= 4 is 62.1 Å². The molecule has 33 heavy (non-hydrogen) atoms. The molecule has 0 bridgehead atoms. The van der Waals surface area contributed by atoms with E-state index in [1.165, 1.54) is 29.2 Å². The maximum Gasteiger partial charge on any atom is 0.264 e. The van der Waals surface area contributed by atoms with Gasteiger partial charge in [0.05, 0.1) is 32.0 Å². The van der Waals surface area contributed by atoms with Crippen LogP contribution in [0.2, 0.25) is 10.0 Å². The fourth-order valence-corrected chi connectivity index (χ4v) is 5.36. The summed E-state index contributed by atoms with van der Waals surface area (Å²) in [6.45, 7) is 1.01. The number of benzene rings is 3. The van der Waals surface area contributed by atoms with E-state index in [2.05, 4.69) is 5.32 Å². The summed E-state index contributed by atoms with van der Waals surface area (Å²) < 4.78 is 28.1. The van der Waals surface area contributed by atoms with Crippen molar-refractivity contribution in [2.24, 2.45) is 0 Å². The third-order valence-corrected chi connectivity index (χ3v) is 7.74. The lowest BCUT2D eigenvalue weighted by Gasteiger charge is -2.32. The lowest BCUT2D eigenvalue weighted by atomic mass is 10.2. The Bertz CT molecular complexity index is 1340. The van der Waals surface area contributed by atoms with Crippen LogP contribution in [-0.2, 0) is 19.6 Å².